The molecule has 1 heterocycles. The van der Waals surface area contributed by atoms with Crippen LogP contribution in [0.2, 0.25) is 0 Å². The second-order valence-electron chi connectivity index (χ2n) is 4.05. The number of amides is 1. The molecule has 1 amide bonds. The van der Waals surface area contributed by atoms with E-state index in [9.17, 15) is 9.59 Å². The Morgan fingerprint density at radius 3 is 2.81 bits per heavy atom. The number of nitrogens with zero attached hydrogens (tertiary/aromatic N) is 3. The number of hydrogen-bond acceptors (Lipinski definition) is 5. The molecule has 0 radical (unpaired) electrons. The molecule has 0 aromatic rings. The van der Waals surface area contributed by atoms with Gasteiger partial charge in [-0.05, 0) is 26.8 Å². The summed E-state index contributed by atoms with van der Waals surface area (Å²) in [7, 11) is 3.71. The van der Waals surface area contributed by atoms with Crippen LogP contribution in [0.1, 0.15) is 19.8 Å². The lowest BCUT2D eigenvalue weighted by Gasteiger charge is -2.42. The van der Waals surface area contributed by atoms with Gasteiger partial charge in [-0.1, -0.05) is 0 Å². The molecule has 1 fully saturated rings. The smallest absolute Gasteiger partial charge is 0.224 e. The highest BCUT2D eigenvalue weighted by atomic mass is 16.2. The highest BCUT2D eigenvalue weighted by Crippen LogP contribution is 2.17. The van der Waals surface area contributed by atoms with E-state index in [2.05, 4.69) is 5.43 Å². The number of ketones is 1. The minimum atomic E-state index is -0.295. The summed E-state index contributed by atoms with van der Waals surface area (Å²) in [5, 5.41) is 5.26. The monoisotopic (exact) mass is 228 g/mol. The third-order valence-corrected chi connectivity index (χ3v) is 2.87. The first-order valence-electron chi connectivity index (χ1n) is 5.47. The van der Waals surface area contributed by atoms with E-state index in [1.807, 2.05) is 24.1 Å². The summed E-state index contributed by atoms with van der Waals surface area (Å²) in [6.07, 6.45) is 2.44. The molecule has 0 saturated carbocycles. The summed E-state index contributed by atoms with van der Waals surface area (Å²) < 4.78 is 0. The highest BCUT2D eigenvalue weighted by molar-refractivity contribution is 5.83. The zero-order chi connectivity index (χ0) is 12.1. The van der Waals surface area contributed by atoms with Gasteiger partial charge in [-0.2, -0.15) is 0 Å². The number of hydrazine groups is 2. The fourth-order valence-electron chi connectivity index (χ4n) is 1.90. The zero-order valence-electron chi connectivity index (χ0n) is 10.1. The summed E-state index contributed by atoms with van der Waals surface area (Å²) in [5.74, 6) is 0.0453. The predicted molar refractivity (Wildman–Crippen MR) is 60.0 cm³/mol. The topological polar surface area (TPSA) is 55.9 Å². The van der Waals surface area contributed by atoms with Crippen LogP contribution in [0.15, 0.2) is 0 Å². The van der Waals surface area contributed by atoms with Gasteiger partial charge in [-0.3, -0.25) is 20.0 Å². The maximum absolute atomic E-state index is 11.4. The normalized spacial score (nSPS) is 22.5. The van der Waals surface area contributed by atoms with E-state index in [1.54, 1.807) is 0 Å². The van der Waals surface area contributed by atoms with Crippen molar-refractivity contribution in [2.24, 2.45) is 0 Å². The van der Waals surface area contributed by atoms with Crippen LogP contribution in [0.4, 0.5) is 0 Å². The van der Waals surface area contributed by atoms with Crippen molar-refractivity contribution in [2.45, 2.75) is 25.8 Å². The zero-order valence-corrected chi connectivity index (χ0v) is 10.1. The van der Waals surface area contributed by atoms with E-state index >= 15 is 0 Å². The molecule has 1 saturated heterocycles. The van der Waals surface area contributed by atoms with Crippen molar-refractivity contribution in [3.8, 4) is 0 Å². The second kappa shape index (κ2) is 5.93. The van der Waals surface area contributed by atoms with Gasteiger partial charge < -0.3 is 0 Å². The standard InChI is InChI=1S/C10H20N4O2/c1-9(16)10-5-4-6-13(14(10)8-15)7-12(3)11-2/h8,10-11H,4-7H2,1-3H3. The number of Topliss-reactive ketones (excluding diaryl/α,β-unsaturated/α-hetero) is 1. The molecule has 0 spiro atoms. The molecule has 92 valence electrons. The molecule has 16 heavy (non-hydrogen) atoms. The summed E-state index contributed by atoms with van der Waals surface area (Å²) in [6.45, 7) is 2.92. The van der Waals surface area contributed by atoms with Crippen LogP contribution >= 0.6 is 0 Å². The van der Waals surface area contributed by atoms with Crippen LogP contribution in [0.3, 0.4) is 0 Å². The molecule has 1 N–H and O–H groups in total. The van der Waals surface area contributed by atoms with E-state index in [0.29, 0.717) is 6.67 Å². The molecule has 1 aliphatic heterocycles. The molecule has 1 rings (SSSR count). The van der Waals surface area contributed by atoms with E-state index in [4.69, 9.17) is 0 Å². The van der Waals surface area contributed by atoms with Gasteiger partial charge in [0.1, 0.15) is 6.04 Å². The molecule has 0 aliphatic carbocycles. The third-order valence-electron chi connectivity index (χ3n) is 2.87. The molecule has 6 heteroatoms. The van der Waals surface area contributed by atoms with Gasteiger partial charge in [0.15, 0.2) is 5.78 Å². The Bertz CT molecular complexity index is 259. The number of carbonyl (C=O) groups excluding carboxylic acids is 2. The summed E-state index contributed by atoms with van der Waals surface area (Å²) in [5.41, 5.74) is 2.97. The Balaban J connectivity index is 2.68. The minimum Gasteiger partial charge on any atom is -0.298 e. The van der Waals surface area contributed by atoms with Gasteiger partial charge in [0.05, 0.1) is 6.67 Å². The number of hydrogen-bond donors (Lipinski definition) is 1. The van der Waals surface area contributed by atoms with Gasteiger partial charge in [0.25, 0.3) is 0 Å². The quantitative estimate of drug-likeness (QED) is 0.505. The first-order valence-corrected chi connectivity index (χ1v) is 5.47. The molecule has 1 aliphatic rings. The largest absolute Gasteiger partial charge is 0.298 e. The average molecular weight is 228 g/mol. The second-order valence-corrected chi connectivity index (χ2v) is 4.05. The van der Waals surface area contributed by atoms with E-state index < -0.39 is 0 Å². The third kappa shape index (κ3) is 3.01. The lowest BCUT2D eigenvalue weighted by Crippen LogP contribution is -2.58. The lowest BCUT2D eigenvalue weighted by molar-refractivity contribution is -0.160. The number of rotatable bonds is 5. The molecular formula is C10H20N4O2. The van der Waals surface area contributed by atoms with Crippen LogP contribution in [0.25, 0.3) is 0 Å². The Kier molecular flexibility index (Phi) is 4.85. The number of carbonyl (C=O) groups is 2. The summed E-state index contributed by atoms with van der Waals surface area (Å²) in [6, 6.07) is -0.295. The maximum Gasteiger partial charge on any atom is 0.224 e. The number of nitrogens with one attached hydrogen (secondary N) is 1. The van der Waals surface area contributed by atoms with Crippen molar-refractivity contribution >= 4 is 12.2 Å². The van der Waals surface area contributed by atoms with E-state index in [-0.39, 0.29) is 11.8 Å². The SMILES string of the molecule is CNN(C)CN1CCCC(C(C)=O)N1C=O. The van der Waals surface area contributed by atoms with Crippen molar-refractivity contribution in [3.63, 3.8) is 0 Å². The minimum absolute atomic E-state index is 0.0453. The molecule has 0 aromatic heterocycles. The lowest BCUT2D eigenvalue weighted by atomic mass is 10.1. The molecule has 1 unspecified atom stereocenters. The van der Waals surface area contributed by atoms with Crippen LogP contribution in [0, 0.1) is 0 Å². The van der Waals surface area contributed by atoms with Crippen LogP contribution in [-0.4, -0.2) is 60.6 Å². The summed E-state index contributed by atoms with van der Waals surface area (Å²) >= 11 is 0. The highest BCUT2D eigenvalue weighted by Gasteiger charge is 2.30. The first-order chi connectivity index (χ1) is 7.60. The Morgan fingerprint density at radius 1 is 1.62 bits per heavy atom. The van der Waals surface area contributed by atoms with Gasteiger partial charge in [-0.15, -0.1) is 0 Å². The van der Waals surface area contributed by atoms with Crippen molar-refractivity contribution in [1.82, 2.24) is 20.5 Å². The van der Waals surface area contributed by atoms with Gasteiger partial charge in [-0.25, -0.2) is 10.0 Å². The van der Waals surface area contributed by atoms with Gasteiger partial charge in [0.2, 0.25) is 6.41 Å². The van der Waals surface area contributed by atoms with Crippen LogP contribution in [0.5, 0.6) is 0 Å². The molecule has 0 bridgehead atoms. The van der Waals surface area contributed by atoms with Crippen molar-refractivity contribution in [1.29, 1.82) is 0 Å². The van der Waals surface area contributed by atoms with Crippen LogP contribution < -0.4 is 5.43 Å². The molecule has 0 aromatic carbocycles. The van der Waals surface area contributed by atoms with E-state index in [0.717, 1.165) is 25.8 Å². The van der Waals surface area contributed by atoms with Crippen molar-refractivity contribution < 1.29 is 9.59 Å². The van der Waals surface area contributed by atoms with Crippen molar-refractivity contribution in [2.75, 3.05) is 27.3 Å². The first kappa shape index (κ1) is 13.1. The Morgan fingerprint density at radius 2 is 2.31 bits per heavy atom. The van der Waals surface area contributed by atoms with E-state index in [1.165, 1.54) is 11.9 Å². The Hall–Kier alpha value is -0.980. The van der Waals surface area contributed by atoms with Crippen molar-refractivity contribution in [3.05, 3.63) is 0 Å². The van der Waals surface area contributed by atoms with Crippen LogP contribution in [-0.2, 0) is 9.59 Å². The van der Waals surface area contributed by atoms with Gasteiger partial charge in [0, 0.05) is 13.6 Å². The molecular weight excluding hydrogens is 208 g/mol. The predicted octanol–water partition coefficient (Wildman–Crippen LogP) is -0.563. The Labute approximate surface area is 96.1 Å². The fraction of sp³-hybridized carbons (Fsp3) is 0.800. The molecule has 6 nitrogen and oxygen atoms in total. The van der Waals surface area contributed by atoms with Gasteiger partial charge >= 0.3 is 0 Å². The average Bonchev–Trinajstić information content (AvgIpc) is 2.28. The summed E-state index contributed by atoms with van der Waals surface area (Å²) in [4.78, 5) is 22.5. The molecule has 1 atom stereocenters. The maximum atomic E-state index is 11.4. The fourth-order valence-corrected chi connectivity index (χ4v) is 1.90.